The van der Waals surface area contributed by atoms with Gasteiger partial charge < -0.3 is 15.4 Å². The van der Waals surface area contributed by atoms with Gasteiger partial charge in [-0.1, -0.05) is 42.5 Å². The van der Waals surface area contributed by atoms with Crippen molar-refractivity contribution in [1.29, 1.82) is 0 Å². The summed E-state index contributed by atoms with van der Waals surface area (Å²) in [4.78, 5) is 7.25. The Labute approximate surface area is 185 Å². The molecule has 6 heteroatoms. The standard InChI is InChI=1S/C22H32N4O.HI/c1-3-23-22(25-17-18(2)26-13-15-27-16-14-26)24-12-11-20-9-6-8-19-7-4-5-10-21(19)20;/h4-10,18H,3,11-17H2,1-2H3,(H2,23,24,25);1H. The molecule has 2 aromatic rings. The molecule has 1 saturated heterocycles. The lowest BCUT2D eigenvalue weighted by Crippen LogP contribution is -2.44. The maximum Gasteiger partial charge on any atom is 0.191 e. The Kier molecular flexibility index (Phi) is 10.0. The van der Waals surface area contributed by atoms with Crippen LogP contribution in [0.25, 0.3) is 10.8 Å². The zero-order valence-electron chi connectivity index (χ0n) is 17.0. The van der Waals surface area contributed by atoms with E-state index in [4.69, 9.17) is 9.73 Å². The molecule has 0 aromatic heterocycles. The molecule has 0 spiro atoms. The zero-order chi connectivity index (χ0) is 18.9. The van der Waals surface area contributed by atoms with Crippen LogP contribution in [0.4, 0.5) is 0 Å². The number of morpholine rings is 1. The minimum atomic E-state index is 0. The van der Waals surface area contributed by atoms with Crippen molar-refractivity contribution in [1.82, 2.24) is 15.5 Å². The van der Waals surface area contributed by atoms with Gasteiger partial charge in [-0.2, -0.15) is 0 Å². The van der Waals surface area contributed by atoms with Crippen LogP contribution in [0, 0.1) is 0 Å². The van der Waals surface area contributed by atoms with E-state index in [0.29, 0.717) is 6.04 Å². The van der Waals surface area contributed by atoms with E-state index in [9.17, 15) is 0 Å². The number of nitrogens with one attached hydrogen (secondary N) is 2. The second kappa shape index (κ2) is 12.2. The molecular formula is C22H33IN4O. The summed E-state index contributed by atoms with van der Waals surface area (Å²) in [5, 5.41) is 9.49. The summed E-state index contributed by atoms with van der Waals surface area (Å²) in [6, 6.07) is 15.5. The van der Waals surface area contributed by atoms with Crippen molar-refractivity contribution in [3.8, 4) is 0 Å². The first-order chi connectivity index (χ1) is 13.3. The number of rotatable bonds is 7. The Balaban J connectivity index is 0.00000280. The van der Waals surface area contributed by atoms with Crippen LogP contribution < -0.4 is 10.6 Å². The lowest BCUT2D eigenvalue weighted by atomic mass is 10.0. The van der Waals surface area contributed by atoms with Crippen LogP contribution in [0.2, 0.25) is 0 Å². The van der Waals surface area contributed by atoms with E-state index in [1.807, 2.05) is 0 Å². The predicted octanol–water partition coefficient (Wildman–Crippen LogP) is 3.28. The van der Waals surface area contributed by atoms with Crippen molar-refractivity contribution in [2.45, 2.75) is 26.3 Å². The number of benzene rings is 2. The number of fused-ring (bicyclic) bond motifs is 1. The Morgan fingerprint density at radius 2 is 1.86 bits per heavy atom. The molecular weight excluding hydrogens is 463 g/mol. The zero-order valence-corrected chi connectivity index (χ0v) is 19.3. The fourth-order valence-corrected chi connectivity index (χ4v) is 3.52. The fraction of sp³-hybridized carbons (Fsp3) is 0.500. The van der Waals surface area contributed by atoms with Crippen LogP contribution in [0.3, 0.4) is 0 Å². The van der Waals surface area contributed by atoms with Gasteiger partial charge in [-0.05, 0) is 36.6 Å². The lowest BCUT2D eigenvalue weighted by molar-refractivity contribution is 0.0220. The van der Waals surface area contributed by atoms with Crippen LogP contribution in [0.15, 0.2) is 47.5 Å². The van der Waals surface area contributed by atoms with Gasteiger partial charge in [0.15, 0.2) is 5.96 Å². The van der Waals surface area contributed by atoms with E-state index in [0.717, 1.165) is 58.3 Å². The average Bonchev–Trinajstić information content (AvgIpc) is 2.72. The first kappa shape index (κ1) is 22.9. The maximum absolute atomic E-state index is 5.44. The Morgan fingerprint density at radius 3 is 2.64 bits per heavy atom. The molecule has 0 aliphatic carbocycles. The third kappa shape index (κ3) is 6.60. The number of halogens is 1. The molecule has 1 fully saturated rings. The molecule has 2 aromatic carbocycles. The first-order valence-corrected chi connectivity index (χ1v) is 10.1. The molecule has 154 valence electrons. The highest BCUT2D eigenvalue weighted by Crippen LogP contribution is 2.18. The number of nitrogens with zero attached hydrogens (tertiary/aromatic N) is 2. The molecule has 1 aliphatic rings. The number of hydrogen-bond acceptors (Lipinski definition) is 3. The normalized spacial score (nSPS) is 16.4. The first-order valence-electron chi connectivity index (χ1n) is 10.1. The molecule has 1 aliphatic heterocycles. The van der Waals surface area contributed by atoms with Gasteiger partial charge >= 0.3 is 0 Å². The van der Waals surface area contributed by atoms with Crippen molar-refractivity contribution in [2.24, 2.45) is 4.99 Å². The summed E-state index contributed by atoms with van der Waals surface area (Å²) >= 11 is 0. The monoisotopic (exact) mass is 496 g/mol. The number of hydrogen-bond donors (Lipinski definition) is 2. The quantitative estimate of drug-likeness (QED) is 0.351. The maximum atomic E-state index is 5.44. The topological polar surface area (TPSA) is 48.9 Å². The van der Waals surface area contributed by atoms with Gasteiger partial charge in [-0.15, -0.1) is 24.0 Å². The summed E-state index contributed by atoms with van der Waals surface area (Å²) < 4.78 is 5.44. The van der Waals surface area contributed by atoms with Crippen LogP contribution in [-0.4, -0.2) is 62.8 Å². The highest BCUT2D eigenvalue weighted by atomic mass is 127. The molecule has 3 rings (SSSR count). The molecule has 2 N–H and O–H groups in total. The molecule has 0 saturated carbocycles. The Bertz CT molecular complexity index is 741. The summed E-state index contributed by atoms with van der Waals surface area (Å²) in [6.45, 7) is 10.5. The SMILES string of the molecule is CCNC(=NCC(C)N1CCOCC1)NCCc1cccc2ccccc12.I. The van der Waals surface area contributed by atoms with E-state index in [1.165, 1.54) is 16.3 Å². The largest absolute Gasteiger partial charge is 0.379 e. The lowest BCUT2D eigenvalue weighted by Gasteiger charge is -2.31. The van der Waals surface area contributed by atoms with Crippen LogP contribution in [0.1, 0.15) is 19.4 Å². The second-order valence-electron chi connectivity index (χ2n) is 7.03. The van der Waals surface area contributed by atoms with Gasteiger partial charge in [0, 0.05) is 32.2 Å². The summed E-state index contributed by atoms with van der Waals surface area (Å²) in [5.41, 5.74) is 1.37. The van der Waals surface area contributed by atoms with Gasteiger partial charge in [-0.3, -0.25) is 9.89 Å². The third-order valence-corrected chi connectivity index (χ3v) is 5.09. The van der Waals surface area contributed by atoms with Crippen molar-refractivity contribution in [3.05, 3.63) is 48.0 Å². The highest BCUT2D eigenvalue weighted by molar-refractivity contribution is 14.0. The van der Waals surface area contributed by atoms with Crippen molar-refractivity contribution < 1.29 is 4.74 Å². The van der Waals surface area contributed by atoms with Crippen LogP contribution in [0.5, 0.6) is 0 Å². The van der Waals surface area contributed by atoms with E-state index in [-0.39, 0.29) is 24.0 Å². The Hall–Kier alpha value is -1.38. The second-order valence-corrected chi connectivity index (χ2v) is 7.03. The highest BCUT2D eigenvalue weighted by Gasteiger charge is 2.16. The van der Waals surface area contributed by atoms with Crippen molar-refractivity contribution in [2.75, 3.05) is 45.9 Å². The number of aliphatic imine (C=N–C) groups is 1. The minimum Gasteiger partial charge on any atom is -0.379 e. The number of guanidine groups is 1. The summed E-state index contributed by atoms with van der Waals surface area (Å²) in [6.07, 6.45) is 0.977. The van der Waals surface area contributed by atoms with Crippen molar-refractivity contribution >= 4 is 40.7 Å². The van der Waals surface area contributed by atoms with Gasteiger partial charge in [0.05, 0.1) is 19.8 Å². The molecule has 1 heterocycles. The number of ether oxygens (including phenoxy) is 1. The predicted molar refractivity (Wildman–Crippen MR) is 129 cm³/mol. The van der Waals surface area contributed by atoms with Gasteiger partial charge in [-0.25, -0.2) is 0 Å². The Morgan fingerprint density at radius 1 is 1.11 bits per heavy atom. The van der Waals surface area contributed by atoms with Gasteiger partial charge in [0.25, 0.3) is 0 Å². The van der Waals surface area contributed by atoms with Crippen molar-refractivity contribution in [3.63, 3.8) is 0 Å². The fourth-order valence-electron chi connectivity index (χ4n) is 3.52. The molecule has 1 atom stereocenters. The summed E-state index contributed by atoms with van der Waals surface area (Å²) in [5.74, 6) is 0.901. The third-order valence-electron chi connectivity index (χ3n) is 5.09. The van der Waals surface area contributed by atoms with E-state index in [1.54, 1.807) is 0 Å². The van der Waals surface area contributed by atoms with Gasteiger partial charge in [0.2, 0.25) is 0 Å². The molecule has 28 heavy (non-hydrogen) atoms. The van der Waals surface area contributed by atoms with Crippen LogP contribution >= 0.6 is 24.0 Å². The van der Waals surface area contributed by atoms with Crippen LogP contribution in [-0.2, 0) is 11.2 Å². The van der Waals surface area contributed by atoms with E-state index >= 15 is 0 Å². The smallest absolute Gasteiger partial charge is 0.191 e. The molecule has 0 radical (unpaired) electrons. The molecule has 1 unspecified atom stereocenters. The van der Waals surface area contributed by atoms with E-state index < -0.39 is 0 Å². The van der Waals surface area contributed by atoms with E-state index in [2.05, 4.69) is 71.8 Å². The molecule has 5 nitrogen and oxygen atoms in total. The molecule has 0 bridgehead atoms. The average molecular weight is 496 g/mol. The minimum absolute atomic E-state index is 0. The van der Waals surface area contributed by atoms with Gasteiger partial charge in [0.1, 0.15) is 0 Å². The summed E-state index contributed by atoms with van der Waals surface area (Å²) in [7, 11) is 0. The molecule has 0 amide bonds.